The molecule has 8 atom stereocenters. The molecule has 0 aliphatic heterocycles. The highest BCUT2D eigenvalue weighted by Gasteiger charge is 2.62. The third kappa shape index (κ3) is 3.26. The summed E-state index contributed by atoms with van der Waals surface area (Å²) >= 11 is 0. The van der Waals surface area contributed by atoms with Gasteiger partial charge in [0.15, 0.2) is 0 Å². The standard InChI is InChI=1S/C30H48O2/c1-19(2)24(31)11-9-20(3)21-13-17-30(8)23-10-12-25-27(4,5)26(32)15-16-28(25,6)22(23)14-18-29(21,30)7/h10,14,20-21,24-26,31-32H,1,9,11-13,15-18H2,2-8H3/t20-,21-,24+,25+,26+,28-,29-,30+/m1/s1. The lowest BCUT2D eigenvalue weighted by Crippen LogP contribution is -2.54. The van der Waals surface area contributed by atoms with E-state index >= 15 is 0 Å². The minimum absolute atomic E-state index is 0.0334. The van der Waals surface area contributed by atoms with Crippen LogP contribution in [0.1, 0.15) is 99.8 Å². The molecule has 4 aliphatic rings. The van der Waals surface area contributed by atoms with E-state index in [2.05, 4.69) is 60.3 Å². The number of rotatable bonds is 5. The molecular weight excluding hydrogens is 392 g/mol. The first kappa shape index (κ1) is 24.3. The minimum atomic E-state index is -0.362. The fourth-order valence-corrected chi connectivity index (χ4v) is 8.81. The van der Waals surface area contributed by atoms with Crippen LogP contribution in [0.4, 0.5) is 0 Å². The summed E-state index contributed by atoms with van der Waals surface area (Å²) in [5, 5.41) is 21.1. The molecule has 2 saturated carbocycles. The number of aliphatic hydroxyl groups is 2. The Hall–Kier alpha value is -0.860. The van der Waals surface area contributed by atoms with Crippen molar-refractivity contribution >= 4 is 0 Å². The predicted molar refractivity (Wildman–Crippen MR) is 134 cm³/mol. The topological polar surface area (TPSA) is 40.5 Å². The quantitative estimate of drug-likeness (QED) is 0.443. The zero-order valence-electron chi connectivity index (χ0n) is 21.8. The van der Waals surface area contributed by atoms with Gasteiger partial charge in [0.25, 0.3) is 0 Å². The summed E-state index contributed by atoms with van der Waals surface area (Å²) < 4.78 is 0. The monoisotopic (exact) mass is 440 g/mol. The Morgan fingerprint density at radius 1 is 1.06 bits per heavy atom. The summed E-state index contributed by atoms with van der Waals surface area (Å²) in [4.78, 5) is 0. The zero-order valence-corrected chi connectivity index (χ0v) is 21.8. The van der Waals surface area contributed by atoms with Crippen LogP contribution in [0.3, 0.4) is 0 Å². The third-order valence-electron chi connectivity index (χ3n) is 11.4. The molecule has 0 aromatic rings. The molecule has 4 rings (SSSR count). The van der Waals surface area contributed by atoms with Gasteiger partial charge >= 0.3 is 0 Å². The second-order valence-electron chi connectivity index (χ2n) is 13.3. The highest BCUT2D eigenvalue weighted by atomic mass is 16.3. The van der Waals surface area contributed by atoms with Crippen LogP contribution in [-0.2, 0) is 0 Å². The molecule has 0 aromatic heterocycles. The Kier molecular flexibility index (Phi) is 5.95. The lowest BCUT2D eigenvalue weighted by Gasteiger charge is -2.61. The summed E-state index contributed by atoms with van der Waals surface area (Å²) in [6.45, 7) is 20.5. The van der Waals surface area contributed by atoms with E-state index < -0.39 is 0 Å². The Labute approximate surface area is 197 Å². The molecule has 0 radical (unpaired) electrons. The molecule has 4 aliphatic carbocycles. The molecular formula is C30H48O2. The van der Waals surface area contributed by atoms with Gasteiger partial charge in [-0.3, -0.25) is 0 Å². The maximum atomic E-state index is 10.8. The van der Waals surface area contributed by atoms with Crippen LogP contribution in [0.15, 0.2) is 35.5 Å². The lowest BCUT2D eigenvalue weighted by molar-refractivity contribution is -0.0851. The Morgan fingerprint density at radius 3 is 2.41 bits per heavy atom. The van der Waals surface area contributed by atoms with Crippen molar-refractivity contribution in [2.75, 3.05) is 0 Å². The van der Waals surface area contributed by atoms with E-state index in [4.69, 9.17) is 0 Å². The zero-order chi connectivity index (χ0) is 23.7. The first-order chi connectivity index (χ1) is 14.8. The van der Waals surface area contributed by atoms with Gasteiger partial charge in [-0.2, -0.15) is 0 Å². The predicted octanol–water partition coefficient (Wildman–Crippen LogP) is 7.23. The molecule has 2 nitrogen and oxygen atoms in total. The normalized spacial score (nSPS) is 44.5. The number of aliphatic hydroxyl groups excluding tert-OH is 2. The van der Waals surface area contributed by atoms with Gasteiger partial charge in [-0.05, 0) is 109 Å². The summed E-state index contributed by atoms with van der Waals surface area (Å²) in [6, 6.07) is 0. The molecule has 0 aromatic carbocycles. The van der Waals surface area contributed by atoms with Crippen molar-refractivity contribution in [3.63, 3.8) is 0 Å². The second kappa shape index (κ2) is 7.84. The Morgan fingerprint density at radius 2 is 1.75 bits per heavy atom. The third-order valence-corrected chi connectivity index (χ3v) is 11.4. The highest BCUT2D eigenvalue weighted by molar-refractivity contribution is 5.49. The van der Waals surface area contributed by atoms with Gasteiger partial charge in [0, 0.05) is 0 Å². The minimum Gasteiger partial charge on any atom is -0.393 e. The van der Waals surface area contributed by atoms with Crippen molar-refractivity contribution in [1.82, 2.24) is 0 Å². The van der Waals surface area contributed by atoms with E-state index in [-0.39, 0.29) is 33.9 Å². The largest absolute Gasteiger partial charge is 0.393 e. The van der Waals surface area contributed by atoms with Gasteiger partial charge in [0.1, 0.15) is 0 Å². The number of hydrogen-bond donors (Lipinski definition) is 2. The van der Waals surface area contributed by atoms with Crippen molar-refractivity contribution in [2.24, 2.45) is 39.4 Å². The molecule has 0 bridgehead atoms. The van der Waals surface area contributed by atoms with Crippen LogP contribution in [-0.4, -0.2) is 22.4 Å². The maximum absolute atomic E-state index is 10.8. The SMILES string of the molecule is C=C(C)[C@@H](O)CC[C@@H](C)[C@H]1CC[C@@]2(C)C3=CC[C@H]4C(C)(C)[C@@H](O)CC[C@]4(C)C3=CC[C@]12C. The van der Waals surface area contributed by atoms with Gasteiger partial charge in [0.2, 0.25) is 0 Å². The lowest BCUT2D eigenvalue weighted by atomic mass is 9.44. The molecule has 180 valence electrons. The molecule has 2 heteroatoms. The van der Waals surface area contributed by atoms with E-state index in [1.807, 2.05) is 6.92 Å². The van der Waals surface area contributed by atoms with E-state index in [9.17, 15) is 10.2 Å². The molecule has 0 heterocycles. The van der Waals surface area contributed by atoms with Crippen LogP contribution in [0, 0.1) is 39.4 Å². The van der Waals surface area contributed by atoms with E-state index in [0.29, 0.717) is 17.8 Å². The highest BCUT2D eigenvalue weighted by Crippen LogP contribution is 2.71. The molecule has 32 heavy (non-hydrogen) atoms. The van der Waals surface area contributed by atoms with Gasteiger partial charge < -0.3 is 10.2 Å². The average Bonchev–Trinajstić information content (AvgIpc) is 3.00. The summed E-state index contributed by atoms with van der Waals surface area (Å²) in [6.07, 6.45) is 13.4. The molecule has 0 amide bonds. The Bertz CT molecular complexity index is 834. The molecule has 0 spiro atoms. The van der Waals surface area contributed by atoms with E-state index in [1.54, 1.807) is 11.1 Å². The van der Waals surface area contributed by atoms with Crippen molar-refractivity contribution in [2.45, 2.75) is 112 Å². The van der Waals surface area contributed by atoms with E-state index in [1.165, 1.54) is 19.3 Å². The first-order valence-corrected chi connectivity index (χ1v) is 13.2. The molecule has 0 saturated heterocycles. The second-order valence-corrected chi connectivity index (χ2v) is 13.3. The summed E-state index contributed by atoms with van der Waals surface area (Å²) in [5.41, 5.74) is 4.83. The maximum Gasteiger partial charge on any atom is 0.0744 e. The number of hydrogen-bond acceptors (Lipinski definition) is 2. The van der Waals surface area contributed by atoms with Crippen molar-refractivity contribution in [3.8, 4) is 0 Å². The van der Waals surface area contributed by atoms with Crippen molar-refractivity contribution in [3.05, 3.63) is 35.5 Å². The van der Waals surface area contributed by atoms with Crippen LogP contribution < -0.4 is 0 Å². The van der Waals surface area contributed by atoms with Crippen molar-refractivity contribution < 1.29 is 10.2 Å². The van der Waals surface area contributed by atoms with Gasteiger partial charge in [-0.15, -0.1) is 0 Å². The average molecular weight is 441 g/mol. The van der Waals surface area contributed by atoms with Gasteiger partial charge in [-0.1, -0.05) is 65.8 Å². The van der Waals surface area contributed by atoms with Crippen LogP contribution in [0.2, 0.25) is 0 Å². The smallest absolute Gasteiger partial charge is 0.0744 e. The fourth-order valence-electron chi connectivity index (χ4n) is 8.81. The van der Waals surface area contributed by atoms with Crippen LogP contribution >= 0.6 is 0 Å². The summed E-state index contributed by atoms with van der Waals surface area (Å²) in [5.74, 6) is 1.82. The molecule has 2 fully saturated rings. The molecule has 2 N–H and O–H groups in total. The number of fused-ring (bicyclic) bond motifs is 5. The fraction of sp³-hybridized carbons (Fsp3) is 0.800. The first-order valence-electron chi connectivity index (χ1n) is 13.2. The van der Waals surface area contributed by atoms with Crippen LogP contribution in [0.25, 0.3) is 0 Å². The molecule has 0 unspecified atom stereocenters. The summed E-state index contributed by atoms with van der Waals surface area (Å²) in [7, 11) is 0. The van der Waals surface area contributed by atoms with Gasteiger partial charge in [-0.25, -0.2) is 0 Å². The van der Waals surface area contributed by atoms with Gasteiger partial charge in [0.05, 0.1) is 12.2 Å². The van der Waals surface area contributed by atoms with Crippen LogP contribution in [0.5, 0.6) is 0 Å². The number of allylic oxidation sites excluding steroid dienone is 4. The van der Waals surface area contributed by atoms with E-state index in [0.717, 1.165) is 37.7 Å². The van der Waals surface area contributed by atoms with Crippen molar-refractivity contribution in [1.29, 1.82) is 0 Å². The Balaban J connectivity index is 1.63.